The molecule has 0 fully saturated rings. The van der Waals surface area contributed by atoms with Crippen LogP contribution >= 0.6 is 0 Å². The van der Waals surface area contributed by atoms with E-state index in [9.17, 15) is 0 Å². The Labute approximate surface area is 255 Å². The van der Waals surface area contributed by atoms with Crippen LogP contribution in [0, 0.1) is 0 Å². The average Bonchev–Trinajstić information content (AvgIpc) is 3.62. The molecule has 2 atom stereocenters. The van der Waals surface area contributed by atoms with Crippen LogP contribution in [0.2, 0.25) is 0 Å². The Morgan fingerprint density at radius 2 is 1.02 bits per heavy atom. The van der Waals surface area contributed by atoms with E-state index in [-0.39, 0.29) is 12.1 Å². The van der Waals surface area contributed by atoms with E-state index in [0.717, 1.165) is 11.5 Å². The van der Waals surface area contributed by atoms with Crippen LogP contribution in [0.4, 0.5) is 0 Å². The Kier molecular flexibility index (Phi) is 5.60. The second-order valence-electron chi connectivity index (χ2n) is 11.5. The van der Waals surface area contributed by atoms with Gasteiger partial charge in [0, 0.05) is 32.9 Å². The minimum Gasteiger partial charge on any atom is -0.376 e. The third-order valence-corrected chi connectivity index (χ3v) is 8.98. The number of allylic oxidation sites excluding steroid dienone is 4. The smallest absolute Gasteiger partial charge is 0.111 e. The molecule has 4 heteroatoms. The highest BCUT2D eigenvalue weighted by atomic mass is 15.2. The van der Waals surface area contributed by atoms with Crippen LogP contribution < -0.4 is 10.6 Å². The molecule has 2 aromatic heterocycles. The molecule has 2 unspecified atom stereocenters. The number of rotatable bonds is 4. The van der Waals surface area contributed by atoms with Crippen molar-refractivity contribution < 1.29 is 0 Å². The Morgan fingerprint density at radius 1 is 0.455 bits per heavy atom. The van der Waals surface area contributed by atoms with Crippen LogP contribution in [-0.4, -0.2) is 15.2 Å². The Balaban J connectivity index is 1.20. The van der Waals surface area contributed by atoms with E-state index < -0.39 is 0 Å². The molecule has 0 amide bonds. The quantitative estimate of drug-likeness (QED) is 0.223. The summed E-state index contributed by atoms with van der Waals surface area (Å²) in [5, 5.41) is 12.7. The molecule has 4 nitrogen and oxygen atoms in total. The lowest BCUT2D eigenvalue weighted by atomic mass is 10.0. The van der Waals surface area contributed by atoms with Gasteiger partial charge in [-0.05, 0) is 54.1 Å². The predicted molar refractivity (Wildman–Crippen MR) is 184 cm³/mol. The van der Waals surface area contributed by atoms with Crippen LogP contribution in [0.3, 0.4) is 0 Å². The average molecular weight is 567 g/mol. The van der Waals surface area contributed by atoms with Crippen molar-refractivity contribution >= 4 is 49.4 Å². The number of dihydropyridines is 2. The third-order valence-electron chi connectivity index (χ3n) is 8.98. The number of para-hydroxylation sites is 3. The van der Waals surface area contributed by atoms with Crippen molar-refractivity contribution in [1.82, 2.24) is 19.8 Å². The Morgan fingerprint density at radius 3 is 1.75 bits per heavy atom. The fraction of sp³-hybridized carbons (Fsp3) is 0.0500. The number of aromatic nitrogens is 2. The zero-order valence-corrected chi connectivity index (χ0v) is 24.1. The lowest BCUT2D eigenvalue weighted by molar-refractivity contribution is 0.626. The fourth-order valence-electron chi connectivity index (χ4n) is 7.06. The normalized spacial score (nSPS) is 18.0. The molecule has 0 saturated carbocycles. The van der Waals surface area contributed by atoms with Crippen molar-refractivity contribution in [3.63, 3.8) is 0 Å². The zero-order valence-electron chi connectivity index (χ0n) is 24.1. The van der Waals surface area contributed by atoms with E-state index in [1.807, 2.05) is 0 Å². The first kappa shape index (κ1) is 24.8. The Hall–Kier alpha value is -5.74. The second kappa shape index (κ2) is 9.92. The summed E-state index contributed by atoms with van der Waals surface area (Å²) in [4.78, 5) is 0. The van der Waals surface area contributed by atoms with E-state index in [0.29, 0.717) is 0 Å². The summed E-state index contributed by atoms with van der Waals surface area (Å²) in [6.07, 6.45) is 13.1. The fourth-order valence-corrected chi connectivity index (χ4v) is 7.06. The molecule has 44 heavy (non-hydrogen) atoms. The van der Waals surface area contributed by atoms with Crippen molar-refractivity contribution in [3.05, 3.63) is 169 Å². The SMILES string of the molecule is C1=CC(C2=CC=CC(c3ccccc3)N2)NC(n2c3ccccc3c3c4c5ccccc5n(-c5ccccc5)c4ccc32)=C1. The van der Waals surface area contributed by atoms with Crippen molar-refractivity contribution in [2.24, 2.45) is 0 Å². The van der Waals surface area contributed by atoms with Gasteiger partial charge in [0.25, 0.3) is 0 Å². The molecule has 5 aromatic carbocycles. The number of fused-ring (bicyclic) bond motifs is 7. The van der Waals surface area contributed by atoms with Crippen molar-refractivity contribution in [3.8, 4) is 5.69 Å². The maximum absolute atomic E-state index is 3.87. The number of nitrogens with zero attached hydrogens (tertiary/aromatic N) is 2. The first-order valence-corrected chi connectivity index (χ1v) is 15.2. The molecule has 0 aliphatic carbocycles. The lowest BCUT2D eigenvalue weighted by Gasteiger charge is -2.30. The summed E-state index contributed by atoms with van der Waals surface area (Å²) in [5.74, 6) is 1.06. The Bertz CT molecular complexity index is 2330. The number of nitrogens with one attached hydrogen (secondary N) is 2. The lowest BCUT2D eigenvalue weighted by Crippen LogP contribution is -2.38. The molecule has 7 aromatic rings. The minimum atomic E-state index is 0.0195. The summed E-state index contributed by atoms with van der Waals surface area (Å²) in [6, 6.07) is 43.6. The molecule has 0 saturated heterocycles. The van der Waals surface area contributed by atoms with Crippen LogP contribution in [0.5, 0.6) is 0 Å². The van der Waals surface area contributed by atoms with Gasteiger partial charge in [-0.25, -0.2) is 0 Å². The maximum Gasteiger partial charge on any atom is 0.111 e. The van der Waals surface area contributed by atoms with Crippen LogP contribution in [0.25, 0.3) is 55.1 Å². The van der Waals surface area contributed by atoms with Gasteiger partial charge in [0.2, 0.25) is 0 Å². The summed E-state index contributed by atoms with van der Waals surface area (Å²) >= 11 is 0. The summed E-state index contributed by atoms with van der Waals surface area (Å²) < 4.78 is 4.79. The molecule has 2 aliphatic rings. The van der Waals surface area contributed by atoms with Crippen molar-refractivity contribution in [2.75, 3.05) is 0 Å². The molecule has 0 spiro atoms. The highest BCUT2D eigenvalue weighted by Gasteiger charge is 2.24. The van der Waals surface area contributed by atoms with Crippen LogP contribution in [0.1, 0.15) is 11.6 Å². The first-order chi connectivity index (χ1) is 21.8. The van der Waals surface area contributed by atoms with Gasteiger partial charge in [0.05, 0.1) is 34.2 Å². The zero-order chi connectivity index (χ0) is 29.0. The summed E-state index contributed by atoms with van der Waals surface area (Å²) in [5.41, 5.74) is 8.38. The predicted octanol–water partition coefficient (Wildman–Crippen LogP) is 9.00. The van der Waals surface area contributed by atoms with E-state index >= 15 is 0 Å². The molecule has 210 valence electrons. The number of hydrogen-bond acceptors (Lipinski definition) is 2. The summed E-state index contributed by atoms with van der Waals surface area (Å²) in [7, 11) is 0. The van der Waals surface area contributed by atoms with E-state index in [1.165, 1.54) is 54.9 Å². The van der Waals surface area contributed by atoms with E-state index in [2.05, 4.69) is 178 Å². The maximum atomic E-state index is 3.87. The monoisotopic (exact) mass is 566 g/mol. The van der Waals surface area contributed by atoms with Crippen molar-refractivity contribution in [1.29, 1.82) is 0 Å². The molecule has 2 N–H and O–H groups in total. The van der Waals surface area contributed by atoms with E-state index in [1.54, 1.807) is 0 Å². The van der Waals surface area contributed by atoms with Crippen molar-refractivity contribution in [2.45, 2.75) is 12.1 Å². The van der Waals surface area contributed by atoms with Gasteiger partial charge in [-0.1, -0.05) is 109 Å². The van der Waals surface area contributed by atoms with Crippen LogP contribution in [-0.2, 0) is 0 Å². The highest BCUT2D eigenvalue weighted by molar-refractivity contribution is 6.29. The van der Waals surface area contributed by atoms with Gasteiger partial charge in [-0.2, -0.15) is 0 Å². The van der Waals surface area contributed by atoms with Gasteiger partial charge < -0.3 is 15.2 Å². The molecule has 9 rings (SSSR count). The van der Waals surface area contributed by atoms with Gasteiger partial charge in [-0.3, -0.25) is 4.57 Å². The molecular formula is C40H30N4. The van der Waals surface area contributed by atoms with Crippen LogP contribution in [0.15, 0.2) is 163 Å². The molecule has 0 radical (unpaired) electrons. The minimum absolute atomic E-state index is 0.0195. The molecule has 0 bridgehead atoms. The standard InChI is InChI=1S/C40H30N4/c1-3-13-27(14-4-1)31-19-11-20-32(41-31)33-21-12-24-38(42-33)44-35-23-10-8-18-30(35)40-37(44)26-25-36-39(40)29-17-7-9-22-34(29)43(36)28-15-5-2-6-16-28/h1-26,31,33,41-42H. The largest absolute Gasteiger partial charge is 0.376 e. The van der Waals surface area contributed by atoms with Gasteiger partial charge in [0.1, 0.15) is 5.82 Å². The van der Waals surface area contributed by atoms with E-state index in [4.69, 9.17) is 0 Å². The topological polar surface area (TPSA) is 33.9 Å². The summed E-state index contributed by atoms with van der Waals surface area (Å²) in [6.45, 7) is 0. The molecule has 4 heterocycles. The number of benzene rings is 5. The first-order valence-electron chi connectivity index (χ1n) is 15.2. The highest BCUT2D eigenvalue weighted by Crippen LogP contribution is 2.42. The second-order valence-corrected chi connectivity index (χ2v) is 11.5. The molecule has 2 aliphatic heterocycles. The van der Waals surface area contributed by atoms with Gasteiger partial charge in [0.15, 0.2) is 0 Å². The van der Waals surface area contributed by atoms with Gasteiger partial charge >= 0.3 is 0 Å². The molecular weight excluding hydrogens is 536 g/mol. The third kappa shape index (κ3) is 3.78. The van der Waals surface area contributed by atoms with Gasteiger partial charge in [-0.15, -0.1) is 0 Å². The number of hydrogen-bond donors (Lipinski definition) is 2.